The van der Waals surface area contributed by atoms with Gasteiger partial charge in [-0.05, 0) is 0 Å². The van der Waals surface area contributed by atoms with E-state index in [0.29, 0.717) is 82.3 Å². The lowest BCUT2D eigenvalue weighted by atomic mass is 9.95. The van der Waals surface area contributed by atoms with Gasteiger partial charge in [0.2, 0.25) is 0 Å². The molecule has 21 fully saturated rings. The summed E-state index contributed by atoms with van der Waals surface area (Å²) in [7, 11) is 0. The van der Waals surface area contributed by atoms with Crippen molar-refractivity contribution in [1.29, 1.82) is 37.9 Å². The summed E-state index contributed by atoms with van der Waals surface area (Å²) in [5.74, 6) is -2.86. The van der Waals surface area contributed by atoms with E-state index in [4.69, 9.17) is 144 Å². The Morgan fingerprint density at radius 2 is 0.296 bits per heavy atom. The first-order chi connectivity index (χ1) is 46.1. The second kappa shape index (κ2) is 36.1. The largest absolute Gasteiger partial charge is 0.387 e. The van der Waals surface area contributed by atoms with Gasteiger partial charge in [0.15, 0.2) is 80.2 Å². The average Bonchev–Trinajstić information content (AvgIpc) is 0.780. The number of hydrogen-bond acceptors (Lipinski definition) is 42. The van der Waals surface area contributed by atoms with Gasteiger partial charge in [0.05, 0.1) is 42.7 Å². The summed E-state index contributed by atoms with van der Waals surface area (Å²) < 4.78 is 85.9. The van der Waals surface area contributed by atoms with Crippen molar-refractivity contribution in [2.75, 3.05) is 40.3 Å². The van der Waals surface area contributed by atoms with Gasteiger partial charge >= 0.3 is 0 Å². The van der Waals surface area contributed by atoms with Crippen molar-refractivity contribution in [2.45, 2.75) is 215 Å². The first-order valence-electron chi connectivity index (χ1n) is 29.6. The fraction of sp³-hybridized carbons (Fsp3) is 0.857. The molecule has 0 aromatic carbocycles. The molecule has 0 aliphatic carbocycles. The predicted molar refractivity (Wildman–Crippen MR) is 349 cm³/mol. The number of rotatable bonds is 14. The monoisotopic (exact) mass is 1540 g/mol. The van der Waals surface area contributed by atoms with Crippen LogP contribution in [0.25, 0.3) is 0 Å². The summed E-state index contributed by atoms with van der Waals surface area (Å²) in [6, 6.07) is 0. The Labute approximate surface area is 586 Å². The van der Waals surface area contributed by atoms with E-state index in [0.717, 1.165) is 0 Å². The quantitative estimate of drug-likeness (QED) is 0.0567. The van der Waals surface area contributed by atoms with Crippen LogP contribution in [0.5, 0.6) is 0 Å². The van der Waals surface area contributed by atoms with E-state index in [9.17, 15) is 71.5 Å². The molecular formula is C49H84N14O28S7. The Morgan fingerprint density at radius 3 is 0.388 bits per heavy atom. The summed E-state index contributed by atoms with van der Waals surface area (Å²) in [4.78, 5) is 0. The van der Waals surface area contributed by atoms with E-state index in [1.807, 2.05) is 0 Å². The zero-order valence-electron chi connectivity index (χ0n) is 51.0. The van der Waals surface area contributed by atoms with Crippen LogP contribution in [0.3, 0.4) is 0 Å². The Kier molecular flexibility index (Phi) is 29.9. The van der Waals surface area contributed by atoms with Gasteiger partial charge in [-0.15, -0.1) is 0 Å². The topological polar surface area (TPSA) is 762 Å². The van der Waals surface area contributed by atoms with Gasteiger partial charge in [-0.25, -0.2) is 0 Å². The lowest BCUT2D eigenvalue weighted by molar-refractivity contribution is -0.389. The van der Waals surface area contributed by atoms with Crippen molar-refractivity contribution < 1.29 is 138 Å². The molecule has 0 radical (unpaired) electrons. The highest BCUT2D eigenvalue weighted by atomic mass is 32.2. The van der Waals surface area contributed by atoms with E-state index in [1.54, 1.807) is 0 Å². The Morgan fingerprint density at radius 1 is 0.194 bits per heavy atom. The minimum Gasteiger partial charge on any atom is -0.387 e. The van der Waals surface area contributed by atoms with Crippen LogP contribution in [0, 0.1) is 37.9 Å². The van der Waals surface area contributed by atoms with Gasteiger partial charge in [-0.3, -0.25) is 37.9 Å². The van der Waals surface area contributed by atoms with E-state index < -0.39 is 291 Å². The van der Waals surface area contributed by atoms with E-state index >= 15 is 0 Å². The molecule has 35 N–H and O–H groups in total. The number of amidine groups is 7. The van der Waals surface area contributed by atoms with Crippen LogP contribution in [0.2, 0.25) is 0 Å². The smallest absolute Gasteiger partial charge is 0.187 e. The van der Waals surface area contributed by atoms with Crippen molar-refractivity contribution in [3.05, 3.63) is 0 Å². The molecule has 49 heteroatoms. The fourth-order valence-corrected chi connectivity index (χ4v) is 15.8. The third-order valence-corrected chi connectivity index (χ3v) is 22.0. The van der Waals surface area contributed by atoms with Crippen molar-refractivity contribution in [1.82, 2.24) is 0 Å². The van der Waals surface area contributed by atoms with Gasteiger partial charge in [0.25, 0.3) is 0 Å². The maximum Gasteiger partial charge on any atom is 0.187 e. The molecule has 21 saturated heterocycles. The molecule has 21 aliphatic rings. The number of ether oxygens (including phenoxy) is 14. The Hall–Kier alpha value is -2.38. The van der Waals surface area contributed by atoms with Gasteiger partial charge < -0.3 is 178 Å². The number of thioether (sulfide) groups is 7. The molecule has 14 bridgehead atoms. The SMILES string of the molecule is N=C(N)SC[C@H]1O[C@@H]2O[C@H]3[C@H](O)[C@@H](O)[C@@H](O[C@H]4[C@H](O)[C@@H](O)[C@@H](O[C@H]5[C@H](O)[C@@H](O)[C@@H](O[C@H]6[C@H](O)[C@@H](O)[C@@H](O[C@H]7[C@H](O)[C@@H](O)[C@@H](O[C@H]8[C@H](O)[C@@H](O)[C@@H](O[C@H]1[C@H](O)[C@H]2O)O[C@@H]8CSC(=N)N)O[C@@H]7CSC(=N)N)O[C@@H]6CSC(=N)N)O[C@@H]5CSC(=N)N)O[C@@H]4CSC(=N)N)O[C@@H]3CSC(=N)N. The maximum absolute atomic E-state index is 12.0. The molecule has 35 atom stereocenters. The minimum absolute atomic E-state index is 0.409. The zero-order chi connectivity index (χ0) is 72.0. The van der Waals surface area contributed by atoms with Crippen LogP contribution in [0.4, 0.5) is 0 Å². The van der Waals surface area contributed by atoms with E-state index in [1.165, 1.54) is 0 Å². The molecule has 0 amide bonds. The lowest BCUT2D eigenvalue weighted by Crippen LogP contribution is -2.68. The zero-order valence-corrected chi connectivity index (χ0v) is 56.7. The second-order valence-electron chi connectivity index (χ2n) is 23.1. The van der Waals surface area contributed by atoms with Gasteiger partial charge in [-0.1, -0.05) is 82.3 Å². The predicted octanol–water partition coefficient (Wildman–Crippen LogP) is -10.8. The molecule has 0 aromatic heterocycles. The number of aliphatic hydroxyl groups excluding tert-OH is 14. The molecule has 42 nitrogen and oxygen atoms in total. The summed E-state index contributed by atoms with van der Waals surface area (Å²) in [6.07, 6.45) is -68.7. The summed E-state index contributed by atoms with van der Waals surface area (Å²) in [5, 5.41) is 219. The average molecular weight is 1540 g/mol. The van der Waals surface area contributed by atoms with Crippen LogP contribution >= 0.6 is 82.3 Å². The third-order valence-electron chi connectivity index (χ3n) is 16.3. The molecule has 560 valence electrons. The second-order valence-corrected chi connectivity index (χ2v) is 30.5. The van der Waals surface area contributed by atoms with Gasteiger partial charge in [0.1, 0.15) is 128 Å². The van der Waals surface area contributed by atoms with Crippen LogP contribution < -0.4 is 40.1 Å². The summed E-state index contributed by atoms with van der Waals surface area (Å²) in [5.41, 5.74) is 40.0. The number of hydrogen-bond donors (Lipinski definition) is 28. The van der Waals surface area contributed by atoms with Crippen molar-refractivity contribution in [3.63, 3.8) is 0 Å². The molecule has 0 aromatic rings. The standard InChI is InChI=1S/C49H84N14O28S7/c50-43(51)92-1-8-29-15(64)22(71)36(78-8)86-30-9(2-93-44(52)53)80-38(24(73)17(30)66)88-32-11(4-95-46(56)57)82-40(26(75)19(32)68)90-34-13(6-97-48(60)61)84-42(28(77)21(34)70)91-35-14(7-98-49(62)63)83-41(27(76)20(35)69)89-33-12(5-96-47(58)59)81-39(25(74)18(33)67)87-31-10(3-94-45(54)55)79-37(85-29)23(72)16(31)65/h8-42,64-77H,1-7H2,(H3,50,51)(H3,52,53)(H3,54,55)(H3,56,57)(H3,58,59)(H3,60,61)(H3,62,63)/t8-,9-,10-,11-,12-,13-,14-,15-,16-,17-,18-,19-,20-,21-,22-,23-,24-,25-,26-,27-,28-,29-,30-,31-,32-,33-,34-,35-,36-,37-,38-,39-,40-,41-,42-/m1/s1. The maximum atomic E-state index is 12.0. The lowest BCUT2D eigenvalue weighted by Gasteiger charge is -2.50. The van der Waals surface area contributed by atoms with E-state index in [-0.39, 0.29) is 0 Å². The molecular weight excluding hydrogens is 1460 g/mol. The highest BCUT2D eigenvalue weighted by molar-refractivity contribution is 8.15. The molecule has 21 heterocycles. The van der Waals surface area contributed by atoms with Crippen LogP contribution in [-0.4, -0.2) is 363 Å². The van der Waals surface area contributed by atoms with E-state index in [2.05, 4.69) is 0 Å². The molecule has 0 saturated carbocycles. The number of nitrogens with two attached hydrogens (primary N) is 7. The van der Waals surface area contributed by atoms with Gasteiger partial charge in [-0.2, -0.15) is 0 Å². The van der Waals surface area contributed by atoms with Crippen molar-refractivity contribution in [2.24, 2.45) is 40.1 Å². The fourth-order valence-electron chi connectivity index (χ4n) is 11.5. The first kappa shape index (κ1) is 81.3. The highest BCUT2D eigenvalue weighted by Gasteiger charge is 2.60. The van der Waals surface area contributed by atoms with Crippen LogP contribution in [0.1, 0.15) is 0 Å². The third kappa shape index (κ3) is 20.0. The van der Waals surface area contributed by atoms with Crippen LogP contribution in [-0.2, 0) is 66.3 Å². The minimum atomic E-state index is -2.22. The molecule has 98 heavy (non-hydrogen) atoms. The molecule has 0 unspecified atom stereocenters. The Balaban J connectivity index is 1.19. The van der Waals surface area contributed by atoms with Gasteiger partial charge in [0, 0.05) is 40.3 Å². The van der Waals surface area contributed by atoms with Crippen molar-refractivity contribution in [3.8, 4) is 0 Å². The molecule has 0 spiro atoms. The summed E-state index contributed by atoms with van der Waals surface area (Å²) >= 11 is 4.39. The molecule has 21 aliphatic heterocycles. The number of nitrogens with one attached hydrogen (secondary N) is 7. The normalized spacial score (nSPS) is 45.7. The summed E-state index contributed by atoms with van der Waals surface area (Å²) in [6.45, 7) is 0. The number of aliphatic hydroxyl groups is 14. The first-order valence-corrected chi connectivity index (χ1v) is 36.5. The van der Waals surface area contributed by atoms with Crippen LogP contribution in [0.15, 0.2) is 0 Å². The molecule has 21 rings (SSSR count). The Bertz CT molecular complexity index is 2250. The van der Waals surface area contributed by atoms with Crippen molar-refractivity contribution >= 4 is 119 Å². The highest BCUT2D eigenvalue weighted by Crippen LogP contribution is 2.41.